The van der Waals surface area contributed by atoms with Gasteiger partial charge in [0, 0.05) is 38.1 Å². The van der Waals surface area contributed by atoms with Gasteiger partial charge in [0.15, 0.2) is 0 Å². The lowest BCUT2D eigenvalue weighted by Crippen LogP contribution is -2.36. The van der Waals surface area contributed by atoms with Crippen LogP contribution in [-0.2, 0) is 6.54 Å². The highest BCUT2D eigenvalue weighted by molar-refractivity contribution is 4.78. The van der Waals surface area contributed by atoms with Crippen molar-refractivity contribution < 1.29 is 0 Å². The van der Waals surface area contributed by atoms with Gasteiger partial charge in [-0.05, 0) is 26.0 Å². The molecule has 1 N–H and O–H groups in total. The fourth-order valence-electron chi connectivity index (χ4n) is 2.53. The highest BCUT2D eigenvalue weighted by atomic mass is 15.3. The largest absolute Gasteiger partial charge is 0.314 e. The van der Waals surface area contributed by atoms with Crippen LogP contribution in [0.2, 0.25) is 0 Å². The van der Waals surface area contributed by atoms with Gasteiger partial charge in [-0.25, -0.2) is 0 Å². The van der Waals surface area contributed by atoms with Crippen LogP contribution in [0.1, 0.15) is 25.7 Å². The van der Waals surface area contributed by atoms with E-state index >= 15 is 0 Å². The molecule has 0 radical (unpaired) electrons. The van der Waals surface area contributed by atoms with Gasteiger partial charge in [-0.15, -0.1) is 0 Å². The molecule has 1 fully saturated rings. The number of rotatable bonds is 7. The van der Waals surface area contributed by atoms with E-state index in [1.54, 1.807) is 0 Å². The van der Waals surface area contributed by atoms with Gasteiger partial charge in [-0.1, -0.05) is 12.8 Å². The molecule has 2 rings (SSSR count). The highest BCUT2D eigenvalue weighted by Crippen LogP contribution is 2.21. The molecule has 1 aliphatic carbocycles. The second kappa shape index (κ2) is 6.77. The molecule has 1 aromatic heterocycles. The maximum atomic E-state index is 4.18. The van der Waals surface area contributed by atoms with E-state index in [9.17, 15) is 0 Å². The first-order valence-corrected chi connectivity index (χ1v) is 6.74. The van der Waals surface area contributed by atoms with E-state index in [1.165, 1.54) is 25.7 Å². The SMILES string of the molecule is CN(CCNCCn1cccn1)C1CCCC1. The summed E-state index contributed by atoms with van der Waals surface area (Å²) < 4.78 is 1.97. The summed E-state index contributed by atoms with van der Waals surface area (Å²) in [6.45, 7) is 4.19. The highest BCUT2D eigenvalue weighted by Gasteiger charge is 2.18. The first-order valence-electron chi connectivity index (χ1n) is 6.74. The first kappa shape index (κ1) is 12.6. The molecule has 0 spiro atoms. The smallest absolute Gasteiger partial charge is 0.0533 e. The predicted octanol–water partition coefficient (Wildman–Crippen LogP) is 1.35. The van der Waals surface area contributed by atoms with Crippen LogP contribution in [-0.4, -0.2) is 47.4 Å². The van der Waals surface area contributed by atoms with Gasteiger partial charge in [-0.3, -0.25) is 4.68 Å². The van der Waals surface area contributed by atoms with Crippen molar-refractivity contribution in [3.05, 3.63) is 18.5 Å². The van der Waals surface area contributed by atoms with E-state index in [0.29, 0.717) is 0 Å². The van der Waals surface area contributed by atoms with Crippen molar-refractivity contribution in [3.63, 3.8) is 0 Å². The molecule has 0 amide bonds. The first-order chi connectivity index (χ1) is 8.36. The van der Waals surface area contributed by atoms with Crippen molar-refractivity contribution in [1.82, 2.24) is 20.0 Å². The average molecular weight is 236 g/mol. The van der Waals surface area contributed by atoms with Crippen LogP contribution < -0.4 is 5.32 Å². The standard InChI is InChI=1S/C13H24N4/c1-16(13-5-2-3-6-13)11-8-14-9-12-17-10-4-7-15-17/h4,7,10,13-14H,2-3,5-6,8-9,11-12H2,1H3. The van der Waals surface area contributed by atoms with Gasteiger partial charge in [0.1, 0.15) is 0 Å². The summed E-state index contributed by atoms with van der Waals surface area (Å²) >= 11 is 0. The second-order valence-electron chi connectivity index (χ2n) is 4.94. The minimum absolute atomic E-state index is 0.836. The van der Waals surface area contributed by atoms with Crippen LogP contribution in [0, 0.1) is 0 Å². The van der Waals surface area contributed by atoms with Crippen molar-refractivity contribution >= 4 is 0 Å². The molecule has 1 heterocycles. The molecule has 96 valence electrons. The van der Waals surface area contributed by atoms with Crippen molar-refractivity contribution in [1.29, 1.82) is 0 Å². The number of hydrogen-bond acceptors (Lipinski definition) is 3. The monoisotopic (exact) mass is 236 g/mol. The maximum Gasteiger partial charge on any atom is 0.0533 e. The summed E-state index contributed by atoms with van der Waals surface area (Å²) in [5.41, 5.74) is 0. The minimum Gasteiger partial charge on any atom is -0.314 e. The minimum atomic E-state index is 0.836. The van der Waals surface area contributed by atoms with E-state index in [4.69, 9.17) is 0 Å². The van der Waals surface area contributed by atoms with E-state index in [2.05, 4.69) is 22.4 Å². The number of likely N-dealkylation sites (N-methyl/N-ethyl adjacent to an activating group) is 1. The third-order valence-electron chi connectivity index (χ3n) is 3.67. The summed E-state index contributed by atoms with van der Waals surface area (Å²) in [7, 11) is 2.26. The zero-order chi connectivity index (χ0) is 11.9. The lowest BCUT2D eigenvalue weighted by Gasteiger charge is -2.23. The molecule has 1 aromatic rings. The van der Waals surface area contributed by atoms with Gasteiger partial charge in [0.2, 0.25) is 0 Å². The molecule has 17 heavy (non-hydrogen) atoms. The summed E-state index contributed by atoms with van der Waals surface area (Å²) in [5.74, 6) is 0. The molecule has 0 saturated heterocycles. The zero-order valence-electron chi connectivity index (χ0n) is 10.8. The quantitative estimate of drug-likeness (QED) is 0.725. The van der Waals surface area contributed by atoms with Crippen molar-refractivity contribution in [2.75, 3.05) is 26.7 Å². The average Bonchev–Trinajstić information content (AvgIpc) is 3.01. The molecule has 4 heteroatoms. The fourth-order valence-corrected chi connectivity index (χ4v) is 2.53. The van der Waals surface area contributed by atoms with E-state index in [0.717, 1.165) is 32.2 Å². The summed E-state index contributed by atoms with van der Waals surface area (Å²) in [6.07, 6.45) is 9.46. The Morgan fingerprint density at radius 1 is 1.35 bits per heavy atom. The zero-order valence-corrected chi connectivity index (χ0v) is 10.8. The molecule has 0 unspecified atom stereocenters. The van der Waals surface area contributed by atoms with Gasteiger partial charge in [0.25, 0.3) is 0 Å². The third kappa shape index (κ3) is 4.13. The number of nitrogens with zero attached hydrogens (tertiary/aromatic N) is 3. The van der Waals surface area contributed by atoms with Gasteiger partial charge < -0.3 is 10.2 Å². The molecular formula is C13H24N4. The summed E-state index contributed by atoms with van der Waals surface area (Å²) in [5, 5.41) is 7.65. The number of nitrogens with one attached hydrogen (secondary N) is 1. The topological polar surface area (TPSA) is 33.1 Å². The van der Waals surface area contributed by atoms with Crippen LogP contribution in [0.25, 0.3) is 0 Å². The lowest BCUT2D eigenvalue weighted by atomic mass is 10.2. The Hall–Kier alpha value is -0.870. The van der Waals surface area contributed by atoms with Crippen LogP contribution in [0.4, 0.5) is 0 Å². The van der Waals surface area contributed by atoms with Crippen LogP contribution in [0.5, 0.6) is 0 Å². The molecule has 0 aromatic carbocycles. The number of hydrogen-bond donors (Lipinski definition) is 1. The Morgan fingerprint density at radius 3 is 2.88 bits per heavy atom. The van der Waals surface area contributed by atoms with Gasteiger partial charge >= 0.3 is 0 Å². The molecule has 0 aliphatic heterocycles. The Bertz CT molecular complexity index is 290. The van der Waals surface area contributed by atoms with Crippen LogP contribution in [0.3, 0.4) is 0 Å². The normalized spacial score (nSPS) is 17.1. The van der Waals surface area contributed by atoms with Crippen molar-refractivity contribution in [2.45, 2.75) is 38.3 Å². The van der Waals surface area contributed by atoms with E-state index < -0.39 is 0 Å². The fraction of sp³-hybridized carbons (Fsp3) is 0.769. The number of aromatic nitrogens is 2. The summed E-state index contributed by atoms with van der Waals surface area (Å²) in [6, 6.07) is 2.80. The molecular weight excluding hydrogens is 212 g/mol. The van der Waals surface area contributed by atoms with E-state index in [1.807, 2.05) is 23.1 Å². The van der Waals surface area contributed by atoms with Crippen molar-refractivity contribution in [3.8, 4) is 0 Å². The van der Waals surface area contributed by atoms with Crippen LogP contribution in [0.15, 0.2) is 18.5 Å². The van der Waals surface area contributed by atoms with Crippen molar-refractivity contribution in [2.24, 2.45) is 0 Å². The van der Waals surface area contributed by atoms with Gasteiger partial charge in [-0.2, -0.15) is 5.10 Å². The molecule has 0 atom stereocenters. The van der Waals surface area contributed by atoms with E-state index in [-0.39, 0.29) is 0 Å². The summed E-state index contributed by atoms with van der Waals surface area (Å²) in [4.78, 5) is 2.51. The third-order valence-corrected chi connectivity index (χ3v) is 3.67. The Morgan fingerprint density at radius 2 is 2.18 bits per heavy atom. The Labute approximate surface area is 104 Å². The van der Waals surface area contributed by atoms with Crippen LogP contribution >= 0.6 is 0 Å². The predicted molar refractivity (Wildman–Crippen MR) is 70.0 cm³/mol. The van der Waals surface area contributed by atoms with Gasteiger partial charge in [0.05, 0.1) is 6.54 Å². The molecule has 4 nitrogen and oxygen atoms in total. The lowest BCUT2D eigenvalue weighted by molar-refractivity contribution is 0.245. The molecule has 0 bridgehead atoms. The Balaban J connectivity index is 1.51. The Kier molecular flexibility index (Phi) is 5.01. The second-order valence-corrected chi connectivity index (χ2v) is 4.94. The molecule has 1 saturated carbocycles. The maximum absolute atomic E-state index is 4.18. The molecule has 1 aliphatic rings.